The number of amides is 1. The zero-order valence-electron chi connectivity index (χ0n) is 12.3. The minimum absolute atomic E-state index is 0.197. The molecule has 1 atom stereocenters. The van der Waals surface area contributed by atoms with Crippen molar-refractivity contribution in [2.24, 2.45) is 0 Å². The van der Waals surface area contributed by atoms with Crippen LogP contribution in [0.15, 0.2) is 48.5 Å². The molecule has 0 aliphatic carbocycles. The lowest BCUT2D eigenvalue weighted by molar-refractivity contribution is -0.123. The SMILES string of the molecule is Cc1cccc(NC(=O)[C@H](C)OC(=O)c2ccccc2F)c1. The number of aryl methyl sites for hydroxylation is 1. The number of hydrogen-bond donors (Lipinski definition) is 1. The van der Waals surface area contributed by atoms with E-state index in [1.807, 2.05) is 13.0 Å². The van der Waals surface area contributed by atoms with Crippen molar-refractivity contribution in [3.05, 3.63) is 65.5 Å². The van der Waals surface area contributed by atoms with Gasteiger partial charge in [-0.2, -0.15) is 0 Å². The Bertz CT molecular complexity index is 700. The van der Waals surface area contributed by atoms with E-state index in [0.29, 0.717) is 5.69 Å². The van der Waals surface area contributed by atoms with Gasteiger partial charge in [0, 0.05) is 5.69 Å². The molecule has 0 radical (unpaired) electrons. The molecule has 5 heteroatoms. The average molecular weight is 301 g/mol. The summed E-state index contributed by atoms with van der Waals surface area (Å²) < 4.78 is 18.5. The minimum atomic E-state index is -1.03. The summed E-state index contributed by atoms with van der Waals surface area (Å²) in [5.41, 5.74) is 1.41. The number of ether oxygens (including phenoxy) is 1. The highest BCUT2D eigenvalue weighted by Crippen LogP contribution is 2.12. The molecule has 0 fully saturated rings. The number of halogens is 1. The molecule has 0 spiro atoms. The molecule has 114 valence electrons. The first-order chi connectivity index (χ1) is 10.5. The van der Waals surface area contributed by atoms with Gasteiger partial charge in [-0.25, -0.2) is 9.18 Å². The third-order valence-corrected chi connectivity index (χ3v) is 3.03. The van der Waals surface area contributed by atoms with Crippen molar-refractivity contribution in [2.75, 3.05) is 5.32 Å². The summed E-state index contributed by atoms with van der Waals surface area (Å²) in [7, 11) is 0. The molecule has 0 heterocycles. The summed E-state index contributed by atoms with van der Waals surface area (Å²) in [5.74, 6) is -2.03. The van der Waals surface area contributed by atoms with Gasteiger partial charge in [0.05, 0.1) is 5.56 Å². The number of anilines is 1. The van der Waals surface area contributed by atoms with E-state index >= 15 is 0 Å². The molecular weight excluding hydrogens is 285 g/mol. The van der Waals surface area contributed by atoms with Gasteiger partial charge in [-0.05, 0) is 43.7 Å². The van der Waals surface area contributed by atoms with Crippen LogP contribution >= 0.6 is 0 Å². The highest BCUT2D eigenvalue weighted by atomic mass is 19.1. The Hall–Kier alpha value is -2.69. The lowest BCUT2D eigenvalue weighted by atomic mass is 10.2. The highest BCUT2D eigenvalue weighted by Gasteiger charge is 2.20. The predicted octanol–water partition coefficient (Wildman–Crippen LogP) is 3.32. The second-order valence-electron chi connectivity index (χ2n) is 4.89. The van der Waals surface area contributed by atoms with Crippen molar-refractivity contribution in [2.45, 2.75) is 20.0 Å². The van der Waals surface area contributed by atoms with Gasteiger partial charge in [-0.3, -0.25) is 4.79 Å². The summed E-state index contributed by atoms with van der Waals surface area (Å²) in [6, 6.07) is 12.7. The third-order valence-electron chi connectivity index (χ3n) is 3.03. The molecule has 0 saturated heterocycles. The molecule has 0 aromatic heterocycles. The van der Waals surface area contributed by atoms with Crippen LogP contribution < -0.4 is 5.32 Å². The smallest absolute Gasteiger partial charge is 0.341 e. The third kappa shape index (κ3) is 3.91. The number of nitrogens with one attached hydrogen (secondary N) is 1. The van der Waals surface area contributed by atoms with Crippen molar-refractivity contribution in [1.82, 2.24) is 0 Å². The molecule has 0 aliphatic heterocycles. The van der Waals surface area contributed by atoms with Crippen molar-refractivity contribution in [3.63, 3.8) is 0 Å². The van der Waals surface area contributed by atoms with E-state index in [2.05, 4.69) is 5.32 Å². The van der Waals surface area contributed by atoms with E-state index in [0.717, 1.165) is 11.6 Å². The zero-order valence-corrected chi connectivity index (χ0v) is 12.3. The molecule has 0 saturated carbocycles. The maximum Gasteiger partial charge on any atom is 0.341 e. The largest absolute Gasteiger partial charge is 0.449 e. The zero-order chi connectivity index (χ0) is 16.1. The predicted molar refractivity (Wildman–Crippen MR) is 81.1 cm³/mol. The summed E-state index contributed by atoms with van der Waals surface area (Å²) in [4.78, 5) is 23.8. The summed E-state index contributed by atoms with van der Waals surface area (Å²) in [5, 5.41) is 2.64. The quantitative estimate of drug-likeness (QED) is 0.881. The van der Waals surface area contributed by atoms with Crippen LogP contribution in [0.1, 0.15) is 22.8 Å². The number of hydrogen-bond acceptors (Lipinski definition) is 3. The van der Waals surface area contributed by atoms with Crippen molar-refractivity contribution in [1.29, 1.82) is 0 Å². The van der Waals surface area contributed by atoms with Gasteiger partial charge in [-0.1, -0.05) is 24.3 Å². The fourth-order valence-corrected chi connectivity index (χ4v) is 1.87. The number of carbonyl (C=O) groups is 2. The van der Waals surface area contributed by atoms with Crippen LogP contribution in [0.25, 0.3) is 0 Å². The summed E-state index contributed by atoms with van der Waals surface area (Å²) in [6.45, 7) is 3.33. The van der Waals surface area contributed by atoms with Crippen LogP contribution in [0.2, 0.25) is 0 Å². The second kappa shape index (κ2) is 6.85. The topological polar surface area (TPSA) is 55.4 Å². The molecular formula is C17H16FNO3. The normalized spacial score (nSPS) is 11.6. The van der Waals surface area contributed by atoms with Crippen molar-refractivity contribution >= 4 is 17.6 Å². The second-order valence-corrected chi connectivity index (χ2v) is 4.89. The molecule has 1 amide bonds. The van der Waals surface area contributed by atoms with Gasteiger partial charge >= 0.3 is 5.97 Å². The molecule has 1 N–H and O–H groups in total. The van der Waals surface area contributed by atoms with Gasteiger partial charge in [0.2, 0.25) is 0 Å². The van der Waals surface area contributed by atoms with E-state index in [9.17, 15) is 14.0 Å². The maximum atomic E-state index is 13.5. The van der Waals surface area contributed by atoms with E-state index in [1.54, 1.807) is 18.2 Å². The summed E-state index contributed by atoms with van der Waals surface area (Å²) in [6.07, 6.45) is -1.03. The average Bonchev–Trinajstić information content (AvgIpc) is 2.47. The Kier molecular flexibility index (Phi) is 4.88. The Balaban J connectivity index is 1.99. The molecule has 0 aliphatic rings. The van der Waals surface area contributed by atoms with Gasteiger partial charge in [-0.15, -0.1) is 0 Å². The highest BCUT2D eigenvalue weighted by molar-refractivity contribution is 5.97. The first-order valence-corrected chi connectivity index (χ1v) is 6.80. The molecule has 2 aromatic rings. The molecule has 0 unspecified atom stereocenters. The van der Waals surface area contributed by atoms with Gasteiger partial charge in [0.15, 0.2) is 6.10 Å². The van der Waals surface area contributed by atoms with Crippen LogP contribution in [-0.4, -0.2) is 18.0 Å². The summed E-state index contributed by atoms with van der Waals surface area (Å²) >= 11 is 0. The maximum absolute atomic E-state index is 13.5. The number of rotatable bonds is 4. The van der Waals surface area contributed by atoms with Crippen LogP contribution in [0.4, 0.5) is 10.1 Å². The monoisotopic (exact) mass is 301 g/mol. The molecule has 0 bridgehead atoms. The lowest BCUT2D eigenvalue weighted by Crippen LogP contribution is -2.30. The Labute approximate surface area is 127 Å². The minimum Gasteiger partial charge on any atom is -0.449 e. The first-order valence-electron chi connectivity index (χ1n) is 6.80. The first kappa shape index (κ1) is 15.7. The van der Waals surface area contributed by atoms with E-state index in [1.165, 1.54) is 25.1 Å². The fraction of sp³-hybridized carbons (Fsp3) is 0.176. The lowest BCUT2D eigenvalue weighted by Gasteiger charge is -2.14. The van der Waals surface area contributed by atoms with E-state index in [4.69, 9.17) is 4.74 Å². The van der Waals surface area contributed by atoms with Gasteiger partial charge in [0.1, 0.15) is 5.82 Å². The Morgan fingerprint density at radius 1 is 1.14 bits per heavy atom. The fourth-order valence-electron chi connectivity index (χ4n) is 1.87. The molecule has 4 nitrogen and oxygen atoms in total. The molecule has 2 rings (SSSR count). The van der Waals surface area contributed by atoms with Crippen molar-refractivity contribution < 1.29 is 18.7 Å². The van der Waals surface area contributed by atoms with Gasteiger partial charge in [0.25, 0.3) is 5.91 Å². The number of esters is 1. The molecule has 2 aromatic carbocycles. The Morgan fingerprint density at radius 3 is 2.55 bits per heavy atom. The number of carbonyl (C=O) groups excluding carboxylic acids is 2. The van der Waals surface area contributed by atoms with Crippen LogP contribution in [-0.2, 0) is 9.53 Å². The van der Waals surface area contributed by atoms with Gasteiger partial charge < -0.3 is 10.1 Å². The standard InChI is InChI=1S/C17H16FNO3/c1-11-6-5-7-13(10-11)19-16(20)12(2)22-17(21)14-8-3-4-9-15(14)18/h3-10,12H,1-2H3,(H,19,20)/t12-/m0/s1. The van der Waals surface area contributed by atoms with Crippen LogP contribution in [0, 0.1) is 12.7 Å². The van der Waals surface area contributed by atoms with Crippen molar-refractivity contribution in [3.8, 4) is 0 Å². The molecule has 22 heavy (non-hydrogen) atoms. The van der Waals surface area contributed by atoms with E-state index < -0.39 is 23.8 Å². The van der Waals surface area contributed by atoms with Crippen LogP contribution in [0.3, 0.4) is 0 Å². The Morgan fingerprint density at radius 2 is 1.86 bits per heavy atom. The van der Waals surface area contributed by atoms with E-state index in [-0.39, 0.29) is 5.56 Å². The van der Waals surface area contributed by atoms with Crippen LogP contribution in [0.5, 0.6) is 0 Å². The number of benzene rings is 2.